The summed E-state index contributed by atoms with van der Waals surface area (Å²) in [6, 6.07) is 18.8. The minimum absolute atomic E-state index is 0.0988. The molecule has 1 amide bonds. The van der Waals surface area contributed by atoms with Gasteiger partial charge in [0.05, 0.1) is 23.1 Å². The number of benzene rings is 2. The number of hydrogen-bond acceptors (Lipinski definition) is 6. The number of carbonyl (C=O) groups is 1. The van der Waals surface area contributed by atoms with E-state index in [2.05, 4.69) is 26.5 Å². The van der Waals surface area contributed by atoms with Crippen LogP contribution in [0.4, 0.5) is 17.5 Å². The van der Waals surface area contributed by atoms with Gasteiger partial charge in [-0.25, -0.2) is 9.97 Å². The summed E-state index contributed by atoms with van der Waals surface area (Å²) in [6.45, 7) is 0.540. The summed E-state index contributed by atoms with van der Waals surface area (Å²) in [5.41, 5.74) is 4.21. The summed E-state index contributed by atoms with van der Waals surface area (Å²) in [5, 5.41) is 17.1. The normalized spacial score (nSPS) is 12.3. The lowest BCUT2D eigenvalue weighted by Crippen LogP contribution is -2.29. The highest BCUT2D eigenvalue weighted by Crippen LogP contribution is 2.36. The molecule has 0 spiro atoms. The Bertz CT molecular complexity index is 1350. The first-order chi connectivity index (χ1) is 15.6. The molecule has 0 saturated heterocycles. The van der Waals surface area contributed by atoms with Crippen LogP contribution in [-0.2, 0) is 13.5 Å². The van der Waals surface area contributed by atoms with Crippen molar-refractivity contribution in [2.75, 3.05) is 16.8 Å². The molecule has 0 fully saturated rings. The summed E-state index contributed by atoms with van der Waals surface area (Å²) >= 11 is 0. The fourth-order valence-electron chi connectivity index (χ4n) is 3.91. The van der Waals surface area contributed by atoms with Gasteiger partial charge in [0.2, 0.25) is 5.95 Å². The van der Waals surface area contributed by atoms with E-state index in [1.54, 1.807) is 46.2 Å². The molecule has 5 rings (SSSR count). The summed E-state index contributed by atoms with van der Waals surface area (Å²) in [7, 11) is 1.83. The number of rotatable bonds is 4. The molecule has 8 nitrogen and oxygen atoms in total. The second-order valence-corrected chi connectivity index (χ2v) is 7.45. The molecule has 8 heteroatoms. The first-order valence-corrected chi connectivity index (χ1v) is 10.2. The molecule has 1 N–H and O–H groups in total. The van der Waals surface area contributed by atoms with Gasteiger partial charge in [0.1, 0.15) is 11.9 Å². The third-order valence-electron chi connectivity index (χ3n) is 5.46. The van der Waals surface area contributed by atoms with Crippen molar-refractivity contribution in [3.05, 3.63) is 83.7 Å². The third-order valence-corrected chi connectivity index (χ3v) is 5.46. The highest BCUT2D eigenvalue weighted by molar-refractivity contribution is 6.08. The van der Waals surface area contributed by atoms with Gasteiger partial charge in [-0.1, -0.05) is 18.2 Å². The number of aromatic nitrogens is 4. The molecule has 156 valence electrons. The van der Waals surface area contributed by atoms with Gasteiger partial charge in [-0.3, -0.25) is 9.48 Å². The van der Waals surface area contributed by atoms with Crippen molar-refractivity contribution < 1.29 is 4.79 Å². The van der Waals surface area contributed by atoms with Crippen LogP contribution in [0.2, 0.25) is 0 Å². The Morgan fingerprint density at radius 2 is 1.97 bits per heavy atom. The van der Waals surface area contributed by atoms with Crippen molar-refractivity contribution in [1.29, 1.82) is 5.26 Å². The van der Waals surface area contributed by atoms with E-state index in [4.69, 9.17) is 0 Å². The fourth-order valence-corrected chi connectivity index (χ4v) is 3.91. The van der Waals surface area contributed by atoms with Gasteiger partial charge in [-0.2, -0.15) is 10.4 Å². The Kier molecular flexibility index (Phi) is 4.84. The summed E-state index contributed by atoms with van der Waals surface area (Å²) in [6.07, 6.45) is 4.04. The van der Waals surface area contributed by atoms with Gasteiger partial charge in [0, 0.05) is 37.0 Å². The lowest BCUT2D eigenvalue weighted by Gasteiger charge is -2.19. The molecule has 0 atom stereocenters. The minimum Gasteiger partial charge on any atom is -0.309 e. The van der Waals surface area contributed by atoms with E-state index in [1.165, 1.54) is 0 Å². The van der Waals surface area contributed by atoms with E-state index >= 15 is 0 Å². The molecule has 1 aliphatic rings. The number of anilines is 3. The molecule has 3 heterocycles. The number of aryl methyl sites for hydroxylation is 1. The van der Waals surface area contributed by atoms with E-state index in [1.807, 2.05) is 37.4 Å². The maximum absolute atomic E-state index is 13.0. The Morgan fingerprint density at radius 1 is 1.12 bits per heavy atom. The molecule has 32 heavy (non-hydrogen) atoms. The van der Waals surface area contributed by atoms with Crippen molar-refractivity contribution in [3.8, 4) is 17.3 Å². The van der Waals surface area contributed by atoms with Gasteiger partial charge < -0.3 is 10.2 Å². The zero-order valence-electron chi connectivity index (χ0n) is 17.4. The average Bonchev–Trinajstić information content (AvgIpc) is 3.45. The van der Waals surface area contributed by atoms with E-state index in [-0.39, 0.29) is 5.91 Å². The van der Waals surface area contributed by atoms with Crippen LogP contribution in [0, 0.1) is 11.3 Å². The molecule has 0 bridgehead atoms. The lowest BCUT2D eigenvalue weighted by atomic mass is 10.0. The van der Waals surface area contributed by atoms with E-state index in [0.29, 0.717) is 41.4 Å². The lowest BCUT2D eigenvalue weighted by molar-refractivity contribution is 0.0989. The zero-order chi connectivity index (χ0) is 22.1. The van der Waals surface area contributed by atoms with Gasteiger partial charge in [0.25, 0.3) is 5.91 Å². The number of nitrogens with one attached hydrogen (secondary N) is 1. The van der Waals surface area contributed by atoms with Crippen LogP contribution < -0.4 is 10.2 Å². The van der Waals surface area contributed by atoms with Crippen LogP contribution in [0.5, 0.6) is 0 Å². The number of amides is 1. The van der Waals surface area contributed by atoms with Crippen molar-refractivity contribution in [2.24, 2.45) is 7.05 Å². The molecule has 0 unspecified atom stereocenters. The molecule has 0 saturated carbocycles. The Labute approximate surface area is 184 Å². The first-order valence-electron chi connectivity index (χ1n) is 10.2. The van der Waals surface area contributed by atoms with Gasteiger partial charge in [0.15, 0.2) is 0 Å². The summed E-state index contributed by atoms with van der Waals surface area (Å²) in [4.78, 5) is 23.6. The van der Waals surface area contributed by atoms with Gasteiger partial charge in [-0.05, 0) is 42.3 Å². The number of nitrogens with zero attached hydrogens (tertiary/aromatic N) is 6. The Hall–Kier alpha value is -4.51. The number of fused-ring (bicyclic) bond motifs is 1. The highest BCUT2D eigenvalue weighted by Gasteiger charge is 2.29. The number of carbonyl (C=O) groups excluding carboxylic acids is 1. The zero-order valence-corrected chi connectivity index (χ0v) is 17.4. The van der Waals surface area contributed by atoms with Crippen molar-refractivity contribution in [3.63, 3.8) is 0 Å². The summed E-state index contributed by atoms with van der Waals surface area (Å²) < 4.78 is 1.69. The second kappa shape index (κ2) is 7.96. The van der Waals surface area contributed by atoms with Gasteiger partial charge in [-0.15, -0.1) is 0 Å². The molecule has 4 aromatic rings. The molecule has 2 aromatic carbocycles. The topological polar surface area (TPSA) is 99.7 Å². The van der Waals surface area contributed by atoms with E-state index in [0.717, 1.165) is 16.9 Å². The van der Waals surface area contributed by atoms with Crippen molar-refractivity contribution >= 4 is 23.4 Å². The minimum atomic E-state index is -0.0988. The van der Waals surface area contributed by atoms with Crippen LogP contribution in [0.25, 0.3) is 11.3 Å². The van der Waals surface area contributed by atoms with E-state index in [9.17, 15) is 10.1 Å². The largest absolute Gasteiger partial charge is 0.309 e. The quantitative estimate of drug-likeness (QED) is 0.539. The van der Waals surface area contributed by atoms with E-state index < -0.39 is 0 Å². The number of nitriles is 1. The molecule has 0 aliphatic carbocycles. The predicted octanol–water partition coefficient (Wildman–Crippen LogP) is 3.70. The Morgan fingerprint density at radius 3 is 2.72 bits per heavy atom. The number of hydrogen-bond donors (Lipinski definition) is 1. The average molecular weight is 421 g/mol. The third kappa shape index (κ3) is 3.46. The van der Waals surface area contributed by atoms with Crippen LogP contribution in [0.3, 0.4) is 0 Å². The monoisotopic (exact) mass is 421 g/mol. The first kappa shape index (κ1) is 19.5. The summed E-state index contributed by atoms with van der Waals surface area (Å²) in [5.74, 6) is 1.10. The van der Waals surface area contributed by atoms with Crippen LogP contribution >= 0.6 is 0 Å². The molecule has 2 aromatic heterocycles. The standard InChI is InChI=1S/C24H19N7O/c1-30-21(8-11-27-30)29-24-26-10-7-20(28-24)18-13-17-9-12-31(22(17)19(14-18)15-25)23(32)16-5-3-2-4-6-16/h2-8,10-11,13-14H,9,12H2,1H3,(H,26,28,29). The van der Waals surface area contributed by atoms with Crippen LogP contribution in [0.15, 0.2) is 67.0 Å². The molecule has 0 radical (unpaired) electrons. The highest BCUT2D eigenvalue weighted by atomic mass is 16.2. The SMILES string of the molecule is Cn1nccc1Nc1nccc(-c2cc(C#N)c3c(c2)CCN3C(=O)c2ccccc2)n1. The predicted molar refractivity (Wildman–Crippen MR) is 120 cm³/mol. The maximum Gasteiger partial charge on any atom is 0.258 e. The Balaban J connectivity index is 1.49. The molecular formula is C24H19N7O. The maximum atomic E-state index is 13.0. The van der Waals surface area contributed by atoms with Crippen molar-refractivity contribution in [1.82, 2.24) is 19.7 Å². The van der Waals surface area contributed by atoms with Crippen LogP contribution in [0.1, 0.15) is 21.5 Å². The molecule has 1 aliphatic heterocycles. The fraction of sp³-hybridized carbons (Fsp3) is 0.125. The van der Waals surface area contributed by atoms with Gasteiger partial charge >= 0.3 is 0 Å². The van der Waals surface area contributed by atoms with Crippen molar-refractivity contribution in [2.45, 2.75) is 6.42 Å². The molecular weight excluding hydrogens is 402 g/mol. The smallest absolute Gasteiger partial charge is 0.258 e. The second-order valence-electron chi connectivity index (χ2n) is 7.45. The van der Waals surface area contributed by atoms with Crippen LogP contribution in [-0.4, -0.2) is 32.2 Å².